The molecule has 2 N–H and O–H groups in total. The van der Waals surface area contributed by atoms with Gasteiger partial charge in [-0.05, 0) is 36.8 Å². The van der Waals surface area contributed by atoms with Crippen LogP contribution in [0.2, 0.25) is 0 Å². The quantitative estimate of drug-likeness (QED) is 0.832. The summed E-state index contributed by atoms with van der Waals surface area (Å²) in [5.74, 6) is 1.28. The van der Waals surface area contributed by atoms with E-state index in [0.717, 1.165) is 43.3 Å². The van der Waals surface area contributed by atoms with Gasteiger partial charge in [0.25, 0.3) is 0 Å². The second-order valence-electron chi connectivity index (χ2n) is 9.76. The van der Waals surface area contributed by atoms with Crippen molar-refractivity contribution in [2.45, 2.75) is 46.3 Å². The summed E-state index contributed by atoms with van der Waals surface area (Å²) in [4.78, 5) is 9.57. The molecule has 1 saturated heterocycles. The molecule has 5 heteroatoms. The number of pyridine rings is 1. The summed E-state index contributed by atoms with van der Waals surface area (Å²) in [5, 5.41) is 21.5. The number of piperazine rings is 1. The maximum atomic E-state index is 11.9. The maximum Gasteiger partial charge on any atom is 0.128 e. The molecule has 2 aliphatic rings. The molecule has 156 valence electrons. The summed E-state index contributed by atoms with van der Waals surface area (Å²) in [6.45, 7) is 14.5. The van der Waals surface area contributed by atoms with Gasteiger partial charge in [0.15, 0.2) is 0 Å². The van der Waals surface area contributed by atoms with Crippen molar-refractivity contribution in [1.29, 1.82) is 0 Å². The largest absolute Gasteiger partial charge is 0.508 e. The van der Waals surface area contributed by atoms with Crippen LogP contribution in [0.3, 0.4) is 0 Å². The summed E-state index contributed by atoms with van der Waals surface area (Å²) < 4.78 is 0. The van der Waals surface area contributed by atoms with Crippen LogP contribution >= 0.6 is 0 Å². The minimum absolute atomic E-state index is 0.227. The van der Waals surface area contributed by atoms with Gasteiger partial charge in [-0.25, -0.2) is 4.98 Å². The van der Waals surface area contributed by atoms with Crippen molar-refractivity contribution in [3.8, 4) is 5.75 Å². The molecule has 0 unspecified atom stereocenters. The first-order chi connectivity index (χ1) is 13.6. The lowest BCUT2D eigenvalue weighted by atomic mass is 9.39. The number of hydrogen-bond donors (Lipinski definition) is 2. The van der Waals surface area contributed by atoms with E-state index in [2.05, 4.69) is 54.6 Å². The minimum Gasteiger partial charge on any atom is -0.508 e. The van der Waals surface area contributed by atoms with E-state index in [-0.39, 0.29) is 22.6 Å². The van der Waals surface area contributed by atoms with Gasteiger partial charge in [-0.2, -0.15) is 0 Å². The SMILES string of the molecule is Cc1cccc(N2CCN(C3C(C)(C)C(O)(c4ccc(O)cc4)C3(C)C)CC2)n1. The van der Waals surface area contributed by atoms with Crippen molar-refractivity contribution in [3.05, 3.63) is 53.7 Å². The minimum atomic E-state index is -0.951. The van der Waals surface area contributed by atoms with Crippen LogP contribution in [0.4, 0.5) is 5.82 Å². The third kappa shape index (κ3) is 2.86. The highest BCUT2D eigenvalue weighted by Crippen LogP contribution is 2.68. The molecule has 0 spiro atoms. The van der Waals surface area contributed by atoms with E-state index < -0.39 is 5.60 Å². The molecule has 5 nitrogen and oxygen atoms in total. The number of aryl methyl sites for hydroxylation is 1. The van der Waals surface area contributed by atoms with Gasteiger partial charge in [-0.1, -0.05) is 45.9 Å². The fraction of sp³-hybridized carbons (Fsp3) is 0.542. The first kappa shape index (κ1) is 20.2. The van der Waals surface area contributed by atoms with Crippen LogP contribution in [0.25, 0.3) is 0 Å². The zero-order chi connectivity index (χ0) is 21.0. The molecule has 1 aliphatic heterocycles. The molecule has 2 fully saturated rings. The Balaban J connectivity index is 1.54. The molecule has 0 radical (unpaired) electrons. The predicted molar refractivity (Wildman–Crippen MR) is 116 cm³/mol. The Bertz CT molecular complexity index is 867. The van der Waals surface area contributed by atoms with Crippen molar-refractivity contribution in [2.75, 3.05) is 31.1 Å². The molecular weight excluding hydrogens is 362 g/mol. The van der Waals surface area contributed by atoms with E-state index >= 15 is 0 Å². The van der Waals surface area contributed by atoms with Gasteiger partial charge in [0.05, 0.1) is 0 Å². The number of hydrogen-bond acceptors (Lipinski definition) is 5. The number of nitrogens with zero attached hydrogens (tertiary/aromatic N) is 3. The van der Waals surface area contributed by atoms with Crippen molar-refractivity contribution < 1.29 is 10.2 Å². The average Bonchev–Trinajstić information content (AvgIpc) is 2.68. The molecule has 2 aromatic rings. The number of phenols is 1. The van der Waals surface area contributed by atoms with Crippen LogP contribution in [-0.4, -0.2) is 52.3 Å². The summed E-state index contributed by atoms with van der Waals surface area (Å²) in [7, 11) is 0. The first-order valence-electron chi connectivity index (χ1n) is 10.5. The van der Waals surface area contributed by atoms with Crippen LogP contribution in [0.5, 0.6) is 5.75 Å². The Morgan fingerprint density at radius 2 is 1.48 bits per heavy atom. The van der Waals surface area contributed by atoms with Crippen LogP contribution in [-0.2, 0) is 5.60 Å². The van der Waals surface area contributed by atoms with Gasteiger partial charge in [0, 0.05) is 48.7 Å². The summed E-state index contributed by atoms with van der Waals surface area (Å²) in [6.07, 6.45) is 0. The first-order valence-corrected chi connectivity index (χ1v) is 10.5. The van der Waals surface area contributed by atoms with Crippen LogP contribution in [0, 0.1) is 17.8 Å². The molecule has 0 amide bonds. The van der Waals surface area contributed by atoms with E-state index in [9.17, 15) is 10.2 Å². The lowest BCUT2D eigenvalue weighted by molar-refractivity contribution is -0.307. The third-order valence-corrected chi connectivity index (χ3v) is 7.39. The smallest absolute Gasteiger partial charge is 0.128 e. The number of phenolic OH excluding ortho intramolecular Hbond substituents is 1. The van der Waals surface area contributed by atoms with Gasteiger partial charge in [-0.3, -0.25) is 4.90 Å². The van der Waals surface area contributed by atoms with Gasteiger partial charge in [0.1, 0.15) is 17.2 Å². The summed E-state index contributed by atoms with van der Waals surface area (Å²) >= 11 is 0. The molecule has 4 rings (SSSR count). The summed E-state index contributed by atoms with van der Waals surface area (Å²) in [5.41, 5.74) is 0.358. The second-order valence-corrected chi connectivity index (χ2v) is 9.76. The number of anilines is 1. The molecule has 1 aromatic heterocycles. The molecule has 1 saturated carbocycles. The number of aromatic hydroxyl groups is 1. The van der Waals surface area contributed by atoms with E-state index in [0.29, 0.717) is 0 Å². The second kappa shape index (κ2) is 6.71. The molecule has 2 heterocycles. The highest BCUT2D eigenvalue weighted by Gasteiger charge is 2.73. The van der Waals surface area contributed by atoms with Crippen molar-refractivity contribution in [1.82, 2.24) is 9.88 Å². The van der Waals surface area contributed by atoms with E-state index in [1.54, 1.807) is 12.1 Å². The number of aromatic nitrogens is 1. The van der Waals surface area contributed by atoms with Gasteiger partial charge in [0.2, 0.25) is 0 Å². The zero-order valence-corrected chi connectivity index (χ0v) is 18.2. The van der Waals surface area contributed by atoms with E-state index in [1.807, 2.05) is 25.1 Å². The topological polar surface area (TPSA) is 59.8 Å². The standard InChI is InChI=1S/C24H33N3O2/c1-17-7-6-8-20(25-17)26-13-15-27(16-14-26)21-22(2,3)24(29,23(21,4)5)18-9-11-19(28)12-10-18/h6-12,21,28-29H,13-16H2,1-5H3. The Morgan fingerprint density at radius 1 is 0.897 bits per heavy atom. The predicted octanol–water partition coefficient (Wildman–Crippen LogP) is 3.54. The monoisotopic (exact) mass is 395 g/mol. The molecule has 1 aliphatic carbocycles. The van der Waals surface area contributed by atoms with Gasteiger partial charge in [-0.15, -0.1) is 0 Å². The number of rotatable bonds is 3. The molecular formula is C24H33N3O2. The fourth-order valence-corrected chi connectivity index (χ4v) is 6.32. The zero-order valence-electron chi connectivity index (χ0n) is 18.2. The molecule has 29 heavy (non-hydrogen) atoms. The lowest BCUT2D eigenvalue weighted by Crippen LogP contribution is -2.79. The van der Waals surface area contributed by atoms with Crippen LogP contribution in [0.1, 0.15) is 39.0 Å². The lowest BCUT2D eigenvalue weighted by Gasteiger charge is -2.72. The molecule has 1 aromatic carbocycles. The number of aliphatic hydroxyl groups is 1. The van der Waals surface area contributed by atoms with E-state index in [4.69, 9.17) is 0 Å². The van der Waals surface area contributed by atoms with E-state index in [1.165, 1.54) is 0 Å². The Kier molecular flexibility index (Phi) is 4.67. The van der Waals surface area contributed by atoms with Crippen LogP contribution in [0.15, 0.2) is 42.5 Å². The summed E-state index contributed by atoms with van der Waals surface area (Å²) in [6, 6.07) is 13.5. The number of benzene rings is 1. The van der Waals surface area contributed by atoms with Crippen molar-refractivity contribution in [3.63, 3.8) is 0 Å². The van der Waals surface area contributed by atoms with Crippen molar-refractivity contribution >= 4 is 5.82 Å². The Morgan fingerprint density at radius 3 is 2.03 bits per heavy atom. The highest BCUT2D eigenvalue weighted by atomic mass is 16.3. The Hall–Kier alpha value is -2.11. The molecule has 0 bridgehead atoms. The molecule has 0 atom stereocenters. The van der Waals surface area contributed by atoms with Crippen molar-refractivity contribution in [2.24, 2.45) is 10.8 Å². The maximum absolute atomic E-state index is 11.9. The normalized spacial score (nSPS) is 28.8. The van der Waals surface area contributed by atoms with Gasteiger partial charge < -0.3 is 15.1 Å². The van der Waals surface area contributed by atoms with Gasteiger partial charge >= 0.3 is 0 Å². The average molecular weight is 396 g/mol. The highest BCUT2D eigenvalue weighted by molar-refractivity contribution is 5.41. The van der Waals surface area contributed by atoms with Crippen LogP contribution < -0.4 is 4.90 Å². The fourth-order valence-electron chi connectivity index (χ4n) is 6.32. The third-order valence-electron chi connectivity index (χ3n) is 7.39. The Labute approximate surface area is 174 Å².